The lowest BCUT2D eigenvalue weighted by Gasteiger charge is -2.41. The highest BCUT2D eigenvalue weighted by molar-refractivity contribution is 5.91. The van der Waals surface area contributed by atoms with Crippen molar-refractivity contribution in [2.45, 2.75) is 116 Å². The Morgan fingerprint density at radius 2 is 1.53 bits per heavy atom. The van der Waals surface area contributed by atoms with Crippen molar-refractivity contribution in [3.63, 3.8) is 0 Å². The number of esters is 1. The summed E-state index contributed by atoms with van der Waals surface area (Å²) in [5.41, 5.74) is -1.94. The van der Waals surface area contributed by atoms with Crippen molar-refractivity contribution < 1.29 is 38.1 Å². The van der Waals surface area contributed by atoms with Gasteiger partial charge in [0, 0.05) is 25.6 Å². The van der Waals surface area contributed by atoms with E-state index in [1.165, 1.54) is 0 Å². The average molecular weight is 633 g/mol. The first-order valence-electron chi connectivity index (χ1n) is 15.9. The van der Waals surface area contributed by atoms with Crippen molar-refractivity contribution in [2.75, 3.05) is 26.4 Å². The number of fused-ring (bicyclic) bond motifs is 13. The predicted molar refractivity (Wildman–Crippen MR) is 169 cm³/mol. The third kappa shape index (κ3) is 12.8. The van der Waals surface area contributed by atoms with Crippen LogP contribution in [0.15, 0.2) is 24.3 Å². The molecule has 2 atom stereocenters. The van der Waals surface area contributed by atoms with Crippen LogP contribution in [0.5, 0.6) is 5.75 Å². The van der Waals surface area contributed by atoms with Gasteiger partial charge in [-0.3, -0.25) is 4.79 Å². The van der Waals surface area contributed by atoms with Crippen LogP contribution in [-0.4, -0.2) is 79.2 Å². The SMILES string of the molecule is CC(C)(C)OC(=O)NC1CC(C[C@](C)(NC(=O)N[C@@H]2Cc3ccc(cc3)OCCCCOCCNC2=O)C(=O)OC(C)(C)C)C1. The molecule has 3 aliphatic rings. The van der Waals surface area contributed by atoms with Gasteiger partial charge in [0.1, 0.15) is 28.5 Å². The van der Waals surface area contributed by atoms with Gasteiger partial charge in [-0.2, -0.15) is 0 Å². The molecule has 252 valence electrons. The summed E-state index contributed by atoms with van der Waals surface area (Å²) in [4.78, 5) is 52.3. The van der Waals surface area contributed by atoms with Crippen LogP contribution in [0.25, 0.3) is 0 Å². The van der Waals surface area contributed by atoms with E-state index >= 15 is 0 Å². The fourth-order valence-electron chi connectivity index (χ4n) is 5.23. The summed E-state index contributed by atoms with van der Waals surface area (Å²) in [6.45, 7) is 14.1. The molecule has 45 heavy (non-hydrogen) atoms. The first-order valence-corrected chi connectivity index (χ1v) is 15.9. The molecule has 0 aromatic heterocycles. The number of urea groups is 1. The standard InChI is InChI=1S/C33H52N4O8/c1-31(2,3)44-28(39)33(7,21-23-18-24(19-23)35-30(41)45-32(4,5)6)37-29(40)36-26-20-22-10-12-25(13-11-22)43-16-9-8-15-42-17-14-34-27(26)38/h10-13,23-24,26H,8-9,14-21H2,1-7H3,(H,34,38)(H,35,41)(H2,36,37,40)/t23?,24?,26-,33+/m1/s1. The van der Waals surface area contributed by atoms with Gasteiger partial charge in [-0.05, 0) is 104 Å². The van der Waals surface area contributed by atoms with Crippen molar-refractivity contribution in [1.82, 2.24) is 21.3 Å². The quantitative estimate of drug-likeness (QED) is 0.344. The second-order valence-corrected chi connectivity index (χ2v) is 14.2. The predicted octanol–water partition coefficient (Wildman–Crippen LogP) is 4.00. The van der Waals surface area contributed by atoms with E-state index in [9.17, 15) is 19.2 Å². The molecule has 4 rings (SSSR count). The van der Waals surface area contributed by atoms with Gasteiger partial charge >= 0.3 is 18.1 Å². The molecule has 2 bridgehead atoms. The summed E-state index contributed by atoms with van der Waals surface area (Å²) in [5.74, 6) is -0.181. The molecule has 4 N–H and O–H groups in total. The van der Waals surface area contributed by atoms with Gasteiger partial charge < -0.3 is 40.2 Å². The smallest absolute Gasteiger partial charge is 0.407 e. The molecule has 1 aliphatic carbocycles. The second kappa shape index (κ2) is 15.6. The first kappa shape index (κ1) is 35.9. The van der Waals surface area contributed by atoms with E-state index in [0.717, 1.165) is 24.2 Å². The first-order chi connectivity index (χ1) is 21.0. The summed E-state index contributed by atoms with van der Waals surface area (Å²) < 4.78 is 22.4. The maximum absolute atomic E-state index is 13.5. The molecule has 0 unspecified atom stereocenters. The Hall–Kier alpha value is -3.54. The highest BCUT2D eigenvalue weighted by Crippen LogP contribution is 2.35. The fraction of sp³-hybridized carbons (Fsp3) is 0.697. The van der Waals surface area contributed by atoms with Crippen LogP contribution in [0.1, 0.15) is 86.1 Å². The zero-order valence-corrected chi connectivity index (χ0v) is 27.9. The van der Waals surface area contributed by atoms with Gasteiger partial charge in [-0.25, -0.2) is 14.4 Å². The molecule has 0 radical (unpaired) electrons. The average Bonchev–Trinajstić information content (AvgIpc) is 2.88. The van der Waals surface area contributed by atoms with E-state index in [0.29, 0.717) is 39.2 Å². The number of alkyl carbamates (subject to hydrolysis) is 1. The second-order valence-electron chi connectivity index (χ2n) is 14.2. The topological polar surface area (TPSA) is 153 Å². The molecule has 4 amide bonds. The van der Waals surface area contributed by atoms with E-state index in [4.69, 9.17) is 18.9 Å². The Labute approximate surface area is 267 Å². The Bertz CT molecular complexity index is 1150. The molecule has 0 spiro atoms. The Balaban J connectivity index is 1.69. The lowest BCUT2D eigenvalue weighted by Crippen LogP contribution is -2.61. The number of hydrogen-bond donors (Lipinski definition) is 4. The van der Waals surface area contributed by atoms with E-state index in [1.807, 2.05) is 24.3 Å². The molecule has 1 aromatic carbocycles. The van der Waals surface area contributed by atoms with Crippen LogP contribution in [-0.2, 0) is 30.2 Å². The minimum absolute atomic E-state index is 0.0365. The molecule has 1 saturated carbocycles. The molecule has 1 fully saturated rings. The number of ether oxygens (including phenoxy) is 4. The maximum Gasteiger partial charge on any atom is 0.407 e. The summed E-state index contributed by atoms with van der Waals surface area (Å²) in [6, 6.07) is 5.74. The van der Waals surface area contributed by atoms with Crippen molar-refractivity contribution in [3.8, 4) is 5.75 Å². The van der Waals surface area contributed by atoms with E-state index in [-0.39, 0.29) is 30.7 Å². The summed E-state index contributed by atoms with van der Waals surface area (Å²) in [7, 11) is 0. The normalized spacial score (nSPS) is 22.8. The molecule has 2 aliphatic heterocycles. The van der Waals surface area contributed by atoms with Gasteiger partial charge in [0.15, 0.2) is 0 Å². The zero-order valence-electron chi connectivity index (χ0n) is 27.9. The van der Waals surface area contributed by atoms with Crippen molar-refractivity contribution >= 4 is 24.0 Å². The van der Waals surface area contributed by atoms with Crippen LogP contribution >= 0.6 is 0 Å². The Kier molecular flexibility index (Phi) is 12.5. The molecule has 0 saturated heterocycles. The summed E-state index contributed by atoms with van der Waals surface area (Å²) >= 11 is 0. The van der Waals surface area contributed by atoms with Crippen LogP contribution in [0.2, 0.25) is 0 Å². The van der Waals surface area contributed by atoms with Crippen LogP contribution in [0, 0.1) is 5.92 Å². The van der Waals surface area contributed by atoms with Gasteiger partial charge in [0.05, 0.1) is 13.2 Å². The number of carbonyl (C=O) groups is 4. The van der Waals surface area contributed by atoms with Crippen molar-refractivity contribution in [3.05, 3.63) is 29.8 Å². The van der Waals surface area contributed by atoms with Gasteiger partial charge in [0.25, 0.3) is 0 Å². The Morgan fingerprint density at radius 3 is 2.18 bits per heavy atom. The van der Waals surface area contributed by atoms with Crippen LogP contribution in [0.3, 0.4) is 0 Å². The summed E-state index contributed by atoms with van der Waals surface area (Å²) in [5, 5.41) is 11.3. The third-order valence-electron chi connectivity index (χ3n) is 7.37. The van der Waals surface area contributed by atoms with Crippen LogP contribution < -0.4 is 26.0 Å². The number of hydrogen-bond acceptors (Lipinski definition) is 8. The maximum atomic E-state index is 13.5. The molecule has 12 nitrogen and oxygen atoms in total. The van der Waals surface area contributed by atoms with E-state index in [1.54, 1.807) is 48.5 Å². The van der Waals surface area contributed by atoms with Gasteiger partial charge in [-0.15, -0.1) is 0 Å². The lowest BCUT2D eigenvalue weighted by molar-refractivity contribution is -0.163. The lowest BCUT2D eigenvalue weighted by atomic mass is 9.73. The van der Waals surface area contributed by atoms with Gasteiger partial charge in [-0.1, -0.05) is 12.1 Å². The largest absolute Gasteiger partial charge is 0.494 e. The van der Waals surface area contributed by atoms with Gasteiger partial charge in [0.2, 0.25) is 5.91 Å². The fourth-order valence-corrected chi connectivity index (χ4v) is 5.23. The molecule has 2 heterocycles. The minimum Gasteiger partial charge on any atom is -0.494 e. The molecular formula is C33H52N4O8. The van der Waals surface area contributed by atoms with Crippen molar-refractivity contribution in [2.24, 2.45) is 5.92 Å². The van der Waals surface area contributed by atoms with Crippen LogP contribution in [0.4, 0.5) is 9.59 Å². The summed E-state index contributed by atoms with van der Waals surface area (Å²) in [6.07, 6.45) is 2.97. The van der Waals surface area contributed by atoms with E-state index in [2.05, 4.69) is 21.3 Å². The minimum atomic E-state index is -1.39. The third-order valence-corrected chi connectivity index (χ3v) is 7.37. The Morgan fingerprint density at radius 1 is 0.889 bits per heavy atom. The number of carbonyl (C=O) groups excluding carboxylic acids is 4. The highest BCUT2D eigenvalue weighted by Gasteiger charge is 2.44. The number of nitrogens with one attached hydrogen (secondary N) is 4. The highest BCUT2D eigenvalue weighted by atomic mass is 16.6. The number of amides is 4. The molecule has 1 aromatic rings. The molecule has 12 heteroatoms. The molecular weight excluding hydrogens is 580 g/mol. The number of rotatable bonds is 6. The number of benzene rings is 1. The monoisotopic (exact) mass is 632 g/mol. The van der Waals surface area contributed by atoms with Crippen molar-refractivity contribution in [1.29, 1.82) is 0 Å². The zero-order chi connectivity index (χ0) is 33.3. The van der Waals surface area contributed by atoms with E-state index < -0.39 is 40.9 Å².